The SMILES string of the molecule is C=CCN1C(=O)[C@](NC(=O)c2ccc(C)cc2)(C(F)(F)F)N=C1c1ccccc1. The van der Waals surface area contributed by atoms with Gasteiger partial charge in [-0.05, 0) is 19.1 Å². The summed E-state index contributed by atoms with van der Waals surface area (Å²) >= 11 is 0. The van der Waals surface area contributed by atoms with Gasteiger partial charge in [0, 0.05) is 17.7 Å². The number of nitrogens with one attached hydrogen (secondary N) is 1. The lowest BCUT2D eigenvalue weighted by Gasteiger charge is -2.28. The van der Waals surface area contributed by atoms with E-state index in [-0.39, 0.29) is 17.9 Å². The number of hydrogen-bond donors (Lipinski definition) is 1. The number of amides is 2. The number of aliphatic imine (C=N–C) groups is 1. The van der Waals surface area contributed by atoms with Crippen molar-refractivity contribution in [3.05, 3.63) is 83.9 Å². The number of carbonyl (C=O) groups excluding carboxylic acids is 2. The van der Waals surface area contributed by atoms with E-state index in [0.717, 1.165) is 10.5 Å². The van der Waals surface area contributed by atoms with Crippen molar-refractivity contribution in [3.63, 3.8) is 0 Å². The summed E-state index contributed by atoms with van der Waals surface area (Å²) in [4.78, 5) is 30.0. The molecule has 0 aliphatic carbocycles. The average molecular weight is 401 g/mol. The van der Waals surface area contributed by atoms with E-state index in [0.29, 0.717) is 5.56 Å². The molecule has 1 aliphatic rings. The van der Waals surface area contributed by atoms with E-state index in [1.165, 1.54) is 30.3 Å². The molecule has 5 nitrogen and oxygen atoms in total. The van der Waals surface area contributed by atoms with E-state index in [9.17, 15) is 22.8 Å². The lowest BCUT2D eigenvalue weighted by molar-refractivity contribution is -0.196. The van der Waals surface area contributed by atoms with Gasteiger partial charge in [-0.1, -0.05) is 54.1 Å². The fourth-order valence-corrected chi connectivity index (χ4v) is 2.94. The van der Waals surface area contributed by atoms with E-state index in [2.05, 4.69) is 11.6 Å². The monoisotopic (exact) mass is 401 g/mol. The topological polar surface area (TPSA) is 61.8 Å². The van der Waals surface area contributed by atoms with Gasteiger partial charge in [-0.15, -0.1) is 6.58 Å². The Balaban J connectivity index is 2.09. The van der Waals surface area contributed by atoms with Crippen LogP contribution in [0.5, 0.6) is 0 Å². The highest BCUT2D eigenvalue weighted by Crippen LogP contribution is 2.38. The van der Waals surface area contributed by atoms with Gasteiger partial charge in [0.05, 0.1) is 0 Å². The third-order valence-corrected chi connectivity index (χ3v) is 4.45. The lowest BCUT2D eigenvalue weighted by Crippen LogP contribution is -2.63. The molecule has 150 valence electrons. The molecule has 0 bridgehead atoms. The maximum atomic E-state index is 14.1. The Morgan fingerprint density at radius 2 is 1.79 bits per heavy atom. The predicted molar refractivity (Wildman–Crippen MR) is 102 cm³/mol. The number of amidine groups is 1. The minimum atomic E-state index is -5.15. The van der Waals surface area contributed by atoms with Gasteiger partial charge in [0.1, 0.15) is 5.84 Å². The number of carbonyl (C=O) groups is 2. The Kier molecular flexibility index (Phi) is 5.28. The summed E-state index contributed by atoms with van der Waals surface area (Å²) in [5.41, 5.74) is -2.27. The Bertz CT molecular complexity index is 969. The summed E-state index contributed by atoms with van der Waals surface area (Å²) in [5, 5.41) is 1.83. The first-order valence-electron chi connectivity index (χ1n) is 8.73. The number of alkyl halides is 3. The highest BCUT2D eigenvalue weighted by Gasteiger charge is 2.67. The van der Waals surface area contributed by atoms with Gasteiger partial charge in [0.25, 0.3) is 11.8 Å². The molecule has 0 radical (unpaired) electrons. The first-order chi connectivity index (χ1) is 13.7. The van der Waals surface area contributed by atoms with Crippen LogP contribution in [-0.2, 0) is 4.79 Å². The molecule has 1 atom stereocenters. The van der Waals surface area contributed by atoms with E-state index in [1.54, 1.807) is 37.3 Å². The van der Waals surface area contributed by atoms with Gasteiger partial charge < -0.3 is 5.32 Å². The molecule has 0 aromatic heterocycles. The minimum absolute atomic E-state index is 0.00865. The van der Waals surface area contributed by atoms with E-state index in [4.69, 9.17) is 0 Å². The van der Waals surface area contributed by atoms with Crippen molar-refractivity contribution in [3.8, 4) is 0 Å². The van der Waals surface area contributed by atoms with Crippen LogP contribution in [0.1, 0.15) is 21.5 Å². The van der Waals surface area contributed by atoms with Crippen LogP contribution < -0.4 is 5.32 Å². The minimum Gasteiger partial charge on any atom is -0.312 e. The Morgan fingerprint density at radius 3 is 2.34 bits per heavy atom. The first-order valence-corrected chi connectivity index (χ1v) is 8.73. The molecule has 0 unspecified atom stereocenters. The largest absolute Gasteiger partial charge is 0.442 e. The molecule has 3 rings (SSSR count). The van der Waals surface area contributed by atoms with Crippen LogP contribution in [0.2, 0.25) is 0 Å². The molecular formula is C21H18F3N3O2. The van der Waals surface area contributed by atoms with Crippen molar-refractivity contribution in [2.45, 2.75) is 18.8 Å². The van der Waals surface area contributed by atoms with Gasteiger partial charge in [-0.2, -0.15) is 13.2 Å². The quantitative estimate of drug-likeness (QED) is 0.780. The van der Waals surface area contributed by atoms with Gasteiger partial charge in [0.15, 0.2) is 0 Å². The normalized spacial score (nSPS) is 19.1. The van der Waals surface area contributed by atoms with Crippen molar-refractivity contribution < 1.29 is 22.8 Å². The summed E-state index contributed by atoms with van der Waals surface area (Å²) in [5.74, 6) is -2.62. The van der Waals surface area contributed by atoms with E-state index < -0.39 is 23.7 Å². The summed E-state index contributed by atoms with van der Waals surface area (Å²) in [6, 6.07) is 14.0. The summed E-state index contributed by atoms with van der Waals surface area (Å²) < 4.78 is 42.3. The van der Waals surface area contributed by atoms with Crippen LogP contribution in [0.3, 0.4) is 0 Å². The van der Waals surface area contributed by atoms with Gasteiger partial charge in [-0.25, -0.2) is 4.99 Å². The summed E-state index contributed by atoms with van der Waals surface area (Å²) in [6.07, 6.45) is -3.86. The summed E-state index contributed by atoms with van der Waals surface area (Å²) in [7, 11) is 0. The second kappa shape index (κ2) is 7.54. The lowest BCUT2D eigenvalue weighted by atomic mass is 10.1. The molecule has 1 heterocycles. The molecule has 8 heteroatoms. The fraction of sp³-hybridized carbons (Fsp3) is 0.190. The maximum absolute atomic E-state index is 14.1. The molecule has 1 aliphatic heterocycles. The Hall–Kier alpha value is -3.42. The summed E-state index contributed by atoms with van der Waals surface area (Å²) in [6.45, 7) is 5.09. The van der Waals surface area contributed by atoms with Gasteiger partial charge in [-0.3, -0.25) is 14.5 Å². The van der Waals surface area contributed by atoms with Crippen LogP contribution in [-0.4, -0.2) is 40.9 Å². The van der Waals surface area contributed by atoms with Gasteiger partial charge in [0.2, 0.25) is 0 Å². The van der Waals surface area contributed by atoms with Crippen molar-refractivity contribution in [2.75, 3.05) is 6.54 Å². The van der Waals surface area contributed by atoms with Gasteiger partial charge >= 0.3 is 11.8 Å². The van der Waals surface area contributed by atoms with Crippen LogP contribution in [0, 0.1) is 6.92 Å². The molecule has 2 aromatic rings. The maximum Gasteiger partial charge on any atom is 0.442 e. The van der Waals surface area contributed by atoms with E-state index >= 15 is 0 Å². The van der Waals surface area contributed by atoms with Crippen molar-refractivity contribution in [2.24, 2.45) is 4.99 Å². The zero-order chi connectivity index (χ0) is 21.2. The molecule has 0 fully saturated rings. The number of hydrogen-bond acceptors (Lipinski definition) is 3. The zero-order valence-corrected chi connectivity index (χ0v) is 15.5. The molecule has 0 spiro atoms. The smallest absolute Gasteiger partial charge is 0.312 e. The second-order valence-corrected chi connectivity index (χ2v) is 6.53. The third-order valence-electron chi connectivity index (χ3n) is 4.45. The fourth-order valence-electron chi connectivity index (χ4n) is 2.94. The Labute approximate surface area is 165 Å². The van der Waals surface area contributed by atoms with Crippen LogP contribution >= 0.6 is 0 Å². The molecular weight excluding hydrogens is 383 g/mol. The molecule has 2 amide bonds. The van der Waals surface area contributed by atoms with Crippen LogP contribution in [0.4, 0.5) is 13.2 Å². The standard InChI is InChI=1S/C21H18F3N3O2/c1-3-13-27-17(15-7-5-4-6-8-15)25-20(19(27)29,21(22,23)24)26-18(28)16-11-9-14(2)10-12-16/h3-12H,1,13H2,2H3,(H,26,28)/t20-/m0/s1. The average Bonchev–Trinajstić information content (AvgIpc) is 2.96. The number of rotatable bonds is 5. The van der Waals surface area contributed by atoms with Crippen molar-refractivity contribution >= 4 is 17.6 Å². The van der Waals surface area contributed by atoms with E-state index in [1.807, 2.05) is 5.32 Å². The van der Waals surface area contributed by atoms with Crippen LogP contribution in [0.15, 0.2) is 72.2 Å². The molecule has 0 saturated carbocycles. The highest BCUT2D eigenvalue weighted by molar-refractivity contribution is 6.16. The zero-order valence-electron chi connectivity index (χ0n) is 15.5. The molecule has 0 saturated heterocycles. The molecule has 1 N–H and O–H groups in total. The third kappa shape index (κ3) is 3.65. The number of benzene rings is 2. The van der Waals surface area contributed by atoms with Crippen LogP contribution in [0.25, 0.3) is 0 Å². The predicted octanol–water partition coefficient (Wildman–Crippen LogP) is 3.46. The number of halogens is 3. The van der Waals surface area contributed by atoms with Crippen molar-refractivity contribution in [1.82, 2.24) is 10.2 Å². The second-order valence-electron chi connectivity index (χ2n) is 6.53. The first kappa shape index (κ1) is 20.3. The number of aryl methyl sites for hydroxylation is 1. The molecule has 2 aromatic carbocycles. The van der Waals surface area contributed by atoms with Crippen molar-refractivity contribution in [1.29, 1.82) is 0 Å². The number of nitrogens with zero attached hydrogens (tertiary/aromatic N) is 2. The highest BCUT2D eigenvalue weighted by atomic mass is 19.4. The molecule has 29 heavy (non-hydrogen) atoms. The Morgan fingerprint density at radius 1 is 1.17 bits per heavy atom.